The smallest absolute Gasteiger partial charge is 0.234 e. The molecular formula is C18H25N5OS. The van der Waals surface area contributed by atoms with E-state index in [0.717, 1.165) is 11.4 Å². The van der Waals surface area contributed by atoms with Crippen LogP contribution < -0.4 is 5.32 Å². The van der Waals surface area contributed by atoms with Gasteiger partial charge in [-0.15, -0.1) is 6.58 Å². The van der Waals surface area contributed by atoms with Gasteiger partial charge in [0.15, 0.2) is 10.6 Å². The van der Waals surface area contributed by atoms with Gasteiger partial charge >= 0.3 is 0 Å². The fourth-order valence-electron chi connectivity index (χ4n) is 2.52. The van der Waals surface area contributed by atoms with Crippen LogP contribution in [0.2, 0.25) is 0 Å². The van der Waals surface area contributed by atoms with Crippen LogP contribution in [0.5, 0.6) is 0 Å². The Morgan fingerprint density at radius 1 is 1.40 bits per heavy atom. The Labute approximate surface area is 153 Å². The Bertz CT molecular complexity index is 779. The molecule has 1 heterocycles. The van der Waals surface area contributed by atoms with Crippen LogP contribution in [-0.4, -0.2) is 44.8 Å². The average molecular weight is 359 g/mol. The summed E-state index contributed by atoms with van der Waals surface area (Å²) in [4.78, 5) is 13.8. The normalized spacial score (nSPS) is 11.1. The number of amides is 1. The van der Waals surface area contributed by atoms with Crippen molar-refractivity contribution in [2.75, 3.05) is 13.6 Å². The summed E-state index contributed by atoms with van der Waals surface area (Å²) in [5, 5.41) is 7.54. The monoisotopic (exact) mass is 359 g/mol. The van der Waals surface area contributed by atoms with Gasteiger partial charge in [0.2, 0.25) is 5.91 Å². The third-order valence-corrected chi connectivity index (χ3v) is 3.94. The van der Waals surface area contributed by atoms with E-state index in [9.17, 15) is 4.79 Å². The van der Waals surface area contributed by atoms with Crippen LogP contribution in [0.3, 0.4) is 0 Å². The fourth-order valence-corrected chi connectivity index (χ4v) is 2.78. The number of hydrogen-bond donors (Lipinski definition) is 1. The maximum atomic E-state index is 11.9. The number of carbonyl (C=O) groups excluding carboxylic acids is 1. The van der Waals surface area contributed by atoms with Crippen LogP contribution in [0, 0.1) is 4.77 Å². The lowest BCUT2D eigenvalue weighted by Gasteiger charge is -2.17. The van der Waals surface area contributed by atoms with E-state index in [1.54, 1.807) is 10.8 Å². The van der Waals surface area contributed by atoms with Crippen LogP contribution >= 0.6 is 12.2 Å². The second-order valence-corrected chi connectivity index (χ2v) is 6.61. The average Bonchev–Trinajstić information content (AvgIpc) is 2.84. The first-order chi connectivity index (χ1) is 11.9. The van der Waals surface area contributed by atoms with Crippen LogP contribution in [0.4, 0.5) is 0 Å². The predicted molar refractivity (Wildman–Crippen MR) is 103 cm³/mol. The van der Waals surface area contributed by atoms with Gasteiger partial charge in [0.05, 0.1) is 13.2 Å². The van der Waals surface area contributed by atoms with Crippen molar-refractivity contribution in [3.8, 4) is 11.4 Å². The zero-order chi connectivity index (χ0) is 18.4. The second kappa shape index (κ2) is 8.73. The van der Waals surface area contributed by atoms with E-state index >= 15 is 0 Å². The molecule has 0 bridgehead atoms. The molecule has 1 N–H and O–H groups in total. The highest BCUT2D eigenvalue weighted by atomic mass is 32.1. The van der Waals surface area contributed by atoms with Crippen molar-refractivity contribution in [1.29, 1.82) is 0 Å². The molecule has 1 amide bonds. The number of likely N-dealkylation sites (N-methyl/N-ethyl adjacent to an activating group) is 1. The summed E-state index contributed by atoms with van der Waals surface area (Å²) in [6, 6.07) is 10.0. The molecular weight excluding hydrogens is 334 g/mol. The van der Waals surface area contributed by atoms with Gasteiger partial charge in [-0.1, -0.05) is 36.4 Å². The predicted octanol–water partition coefficient (Wildman–Crippen LogP) is 2.68. The first-order valence-electron chi connectivity index (χ1n) is 8.24. The molecule has 0 unspecified atom stereocenters. The van der Waals surface area contributed by atoms with E-state index in [-0.39, 0.29) is 18.5 Å². The highest BCUT2D eigenvalue weighted by Gasteiger charge is 2.14. The summed E-state index contributed by atoms with van der Waals surface area (Å²) in [5.74, 6) is 0.781. The number of allylic oxidation sites excluding steroid dienone is 1. The molecule has 25 heavy (non-hydrogen) atoms. The van der Waals surface area contributed by atoms with Crippen LogP contribution in [0.1, 0.15) is 13.8 Å². The molecule has 1 aromatic carbocycles. The highest BCUT2D eigenvalue weighted by Crippen LogP contribution is 2.18. The molecule has 0 radical (unpaired) electrons. The lowest BCUT2D eigenvalue weighted by atomic mass is 10.2. The lowest BCUT2D eigenvalue weighted by Crippen LogP contribution is -2.39. The maximum absolute atomic E-state index is 11.9. The second-order valence-electron chi connectivity index (χ2n) is 6.25. The van der Waals surface area contributed by atoms with Crippen LogP contribution in [-0.2, 0) is 18.0 Å². The van der Waals surface area contributed by atoms with E-state index < -0.39 is 0 Å². The minimum Gasteiger partial charge on any atom is -0.353 e. The number of rotatable bonds is 8. The fraction of sp³-hybridized carbons (Fsp3) is 0.389. The molecule has 1 aromatic heterocycles. The molecule has 7 heteroatoms. The minimum absolute atomic E-state index is 0.0159. The zero-order valence-electron chi connectivity index (χ0n) is 15.0. The molecule has 2 aromatic rings. The van der Waals surface area contributed by atoms with Gasteiger partial charge in [0.25, 0.3) is 0 Å². The summed E-state index contributed by atoms with van der Waals surface area (Å²) in [6.07, 6.45) is 1.80. The number of benzene rings is 1. The molecule has 134 valence electrons. The summed E-state index contributed by atoms with van der Waals surface area (Å²) in [6.45, 7) is 8.99. The van der Waals surface area contributed by atoms with Gasteiger partial charge in [-0.05, 0) is 33.1 Å². The topological polar surface area (TPSA) is 55.1 Å². The summed E-state index contributed by atoms with van der Waals surface area (Å²) >= 11 is 5.57. The molecule has 6 nitrogen and oxygen atoms in total. The quantitative estimate of drug-likeness (QED) is 0.582. The van der Waals surface area contributed by atoms with Crippen molar-refractivity contribution in [3.63, 3.8) is 0 Å². The van der Waals surface area contributed by atoms with Gasteiger partial charge in [-0.3, -0.25) is 14.3 Å². The Hall–Kier alpha value is -2.25. The molecule has 0 spiro atoms. The van der Waals surface area contributed by atoms with Crippen molar-refractivity contribution < 1.29 is 4.79 Å². The van der Waals surface area contributed by atoms with Crippen molar-refractivity contribution in [2.24, 2.45) is 0 Å². The van der Waals surface area contributed by atoms with Crippen LogP contribution in [0.15, 0.2) is 43.0 Å². The van der Waals surface area contributed by atoms with Gasteiger partial charge in [-0.2, -0.15) is 5.10 Å². The largest absolute Gasteiger partial charge is 0.353 e. The first-order valence-corrected chi connectivity index (χ1v) is 8.65. The molecule has 0 aliphatic carbocycles. The number of nitrogens with zero attached hydrogens (tertiary/aromatic N) is 4. The Balaban J connectivity index is 2.23. The molecule has 0 saturated heterocycles. The van der Waals surface area contributed by atoms with E-state index in [2.05, 4.69) is 17.0 Å². The summed E-state index contributed by atoms with van der Waals surface area (Å²) in [7, 11) is 1.87. The molecule has 0 atom stereocenters. The minimum atomic E-state index is -0.0159. The van der Waals surface area contributed by atoms with Gasteiger partial charge < -0.3 is 5.32 Å². The van der Waals surface area contributed by atoms with E-state index in [1.165, 1.54) is 0 Å². The number of hydrogen-bond acceptors (Lipinski definition) is 4. The Morgan fingerprint density at radius 3 is 2.68 bits per heavy atom. The standard InChI is InChI=1S/C18H25N5OS/c1-5-11-22-17(15-9-7-6-8-10-15)20-23(18(22)25)13-21(4)12-16(24)19-14(2)3/h5-10,14H,1,11-13H2,2-4H3,(H,19,24). The van der Waals surface area contributed by atoms with E-state index in [4.69, 9.17) is 12.2 Å². The molecule has 0 aliphatic heterocycles. The third kappa shape index (κ3) is 5.11. The maximum Gasteiger partial charge on any atom is 0.234 e. The lowest BCUT2D eigenvalue weighted by molar-refractivity contribution is -0.122. The Morgan fingerprint density at radius 2 is 2.08 bits per heavy atom. The number of carbonyl (C=O) groups is 1. The molecule has 2 rings (SSSR count). The SMILES string of the molecule is C=CCn1c(-c2ccccc2)nn(CN(C)CC(=O)NC(C)C)c1=S. The molecule has 0 saturated carbocycles. The van der Waals surface area contributed by atoms with E-state index in [0.29, 0.717) is 18.0 Å². The van der Waals surface area contributed by atoms with Gasteiger partial charge in [0.1, 0.15) is 0 Å². The van der Waals surface area contributed by atoms with Crippen molar-refractivity contribution >= 4 is 18.1 Å². The highest BCUT2D eigenvalue weighted by molar-refractivity contribution is 7.71. The van der Waals surface area contributed by atoms with E-state index in [1.807, 2.05) is 60.7 Å². The Kier molecular flexibility index (Phi) is 6.66. The van der Waals surface area contributed by atoms with Crippen molar-refractivity contribution in [1.82, 2.24) is 24.6 Å². The molecule has 0 fully saturated rings. The first kappa shape index (κ1) is 19.1. The van der Waals surface area contributed by atoms with Gasteiger partial charge in [-0.25, -0.2) is 4.68 Å². The number of aromatic nitrogens is 3. The summed E-state index contributed by atoms with van der Waals surface area (Å²) in [5.41, 5.74) is 0.995. The van der Waals surface area contributed by atoms with Crippen LogP contribution in [0.25, 0.3) is 11.4 Å². The third-order valence-electron chi connectivity index (χ3n) is 3.51. The van der Waals surface area contributed by atoms with Crippen molar-refractivity contribution in [3.05, 3.63) is 47.8 Å². The van der Waals surface area contributed by atoms with Crippen molar-refractivity contribution in [2.45, 2.75) is 33.1 Å². The zero-order valence-corrected chi connectivity index (χ0v) is 15.8. The summed E-state index contributed by atoms with van der Waals surface area (Å²) < 4.78 is 4.29. The molecule has 0 aliphatic rings. The number of nitrogens with one attached hydrogen (secondary N) is 1. The van der Waals surface area contributed by atoms with Gasteiger partial charge in [0, 0.05) is 18.2 Å².